The van der Waals surface area contributed by atoms with E-state index in [1.54, 1.807) is 6.07 Å². The van der Waals surface area contributed by atoms with Crippen molar-refractivity contribution in [3.05, 3.63) is 35.0 Å². The molecule has 0 saturated carbocycles. The third kappa shape index (κ3) is 2.70. The van der Waals surface area contributed by atoms with E-state index >= 15 is 0 Å². The molecule has 3 N–H and O–H groups in total. The zero-order valence-corrected chi connectivity index (χ0v) is 11.4. The fourth-order valence-electron chi connectivity index (χ4n) is 1.98. The first kappa shape index (κ1) is 12.8. The molecule has 1 aliphatic heterocycles. The van der Waals surface area contributed by atoms with Gasteiger partial charge < -0.3 is 20.5 Å². The Morgan fingerprint density at radius 2 is 2.10 bits per heavy atom. The number of para-hydroxylation sites is 1. The maximum atomic E-state index is 5.83. The summed E-state index contributed by atoms with van der Waals surface area (Å²) in [5, 5.41) is 3.44. The molecule has 1 aromatic carbocycles. The third-order valence-electron chi connectivity index (χ3n) is 2.82. The van der Waals surface area contributed by atoms with Crippen LogP contribution in [0.25, 0.3) is 0 Å². The average molecular weight is 293 g/mol. The lowest BCUT2D eigenvalue weighted by atomic mass is 10.1. The first-order chi connectivity index (χ1) is 9.72. The summed E-state index contributed by atoms with van der Waals surface area (Å²) >= 11 is 5.83. The van der Waals surface area contributed by atoms with Gasteiger partial charge in [-0.05, 0) is 6.07 Å². The van der Waals surface area contributed by atoms with Crippen LogP contribution in [0.5, 0.6) is 11.5 Å². The van der Waals surface area contributed by atoms with Crippen molar-refractivity contribution in [2.24, 2.45) is 0 Å². The van der Waals surface area contributed by atoms with Crippen LogP contribution in [0.2, 0.25) is 5.15 Å². The molecule has 7 heteroatoms. The molecule has 0 radical (unpaired) electrons. The molecule has 0 saturated heterocycles. The van der Waals surface area contributed by atoms with Crippen molar-refractivity contribution < 1.29 is 9.47 Å². The van der Waals surface area contributed by atoms with Crippen molar-refractivity contribution >= 4 is 23.4 Å². The number of nitrogens with zero attached hydrogens (tertiary/aromatic N) is 2. The lowest BCUT2D eigenvalue weighted by Gasteiger charge is -2.21. The highest BCUT2D eigenvalue weighted by Crippen LogP contribution is 2.33. The summed E-state index contributed by atoms with van der Waals surface area (Å²) < 4.78 is 11.2. The Labute approximate surface area is 120 Å². The maximum Gasteiger partial charge on any atom is 0.223 e. The molecular formula is C13H13ClN4O2. The molecule has 0 atom stereocenters. The largest absolute Gasteiger partial charge is 0.486 e. The second-order valence-electron chi connectivity index (χ2n) is 4.23. The van der Waals surface area contributed by atoms with Gasteiger partial charge >= 0.3 is 0 Å². The van der Waals surface area contributed by atoms with E-state index in [4.69, 9.17) is 26.8 Å². The van der Waals surface area contributed by atoms with Crippen molar-refractivity contribution in [3.63, 3.8) is 0 Å². The minimum atomic E-state index is 0.134. The van der Waals surface area contributed by atoms with Gasteiger partial charge in [0.2, 0.25) is 5.95 Å². The fourth-order valence-corrected chi connectivity index (χ4v) is 2.17. The highest BCUT2D eigenvalue weighted by atomic mass is 35.5. The Hall–Kier alpha value is -2.21. The Kier molecular flexibility index (Phi) is 3.47. The van der Waals surface area contributed by atoms with E-state index in [1.807, 2.05) is 18.2 Å². The molecule has 0 fully saturated rings. The Bertz CT molecular complexity index is 616. The van der Waals surface area contributed by atoms with Crippen LogP contribution in [0.4, 0.5) is 11.8 Å². The first-order valence-corrected chi connectivity index (χ1v) is 6.51. The molecule has 6 nitrogen and oxygen atoms in total. The summed E-state index contributed by atoms with van der Waals surface area (Å²) in [6, 6.07) is 7.39. The first-order valence-electron chi connectivity index (χ1n) is 6.14. The second-order valence-corrected chi connectivity index (χ2v) is 4.62. The lowest BCUT2D eigenvalue weighted by molar-refractivity contribution is 0.170. The molecule has 0 aliphatic carbocycles. The zero-order chi connectivity index (χ0) is 13.9. The highest BCUT2D eigenvalue weighted by molar-refractivity contribution is 6.29. The molecular weight excluding hydrogens is 280 g/mol. The van der Waals surface area contributed by atoms with Crippen LogP contribution < -0.4 is 20.5 Å². The van der Waals surface area contributed by atoms with Crippen LogP contribution in [0.3, 0.4) is 0 Å². The highest BCUT2D eigenvalue weighted by Gasteiger charge is 2.15. The number of anilines is 2. The van der Waals surface area contributed by atoms with E-state index in [1.165, 1.54) is 0 Å². The molecule has 1 aromatic heterocycles. The number of aromatic nitrogens is 2. The van der Waals surface area contributed by atoms with Gasteiger partial charge in [-0.25, -0.2) is 4.98 Å². The van der Waals surface area contributed by atoms with Crippen LogP contribution in [0.15, 0.2) is 24.3 Å². The summed E-state index contributed by atoms with van der Waals surface area (Å²) in [5.74, 6) is 2.22. The SMILES string of the molecule is Nc1nc(Cl)cc(NCc2cccc3c2OCCO3)n1. The van der Waals surface area contributed by atoms with E-state index in [9.17, 15) is 0 Å². The van der Waals surface area contributed by atoms with Crippen LogP contribution in [0.1, 0.15) is 5.56 Å². The van der Waals surface area contributed by atoms with Gasteiger partial charge in [-0.3, -0.25) is 0 Å². The Morgan fingerprint density at radius 1 is 1.25 bits per heavy atom. The van der Waals surface area contributed by atoms with Crippen molar-refractivity contribution in [1.82, 2.24) is 9.97 Å². The van der Waals surface area contributed by atoms with Gasteiger partial charge in [-0.2, -0.15) is 4.98 Å². The van der Waals surface area contributed by atoms with E-state index in [2.05, 4.69) is 15.3 Å². The van der Waals surface area contributed by atoms with Crippen LogP contribution >= 0.6 is 11.6 Å². The number of nitrogen functional groups attached to an aromatic ring is 1. The quantitative estimate of drug-likeness (QED) is 0.843. The number of ether oxygens (including phenoxy) is 2. The number of fused-ring (bicyclic) bond motifs is 1. The lowest BCUT2D eigenvalue weighted by Crippen LogP contribution is -2.17. The zero-order valence-electron chi connectivity index (χ0n) is 10.6. The number of nitrogens with one attached hydrogen (secondary N) is 1. The molecule has 0 spiro atoms. The Balaban J connectivity index is 1.78. The summed E-state index contributed by atoms with van der Waals surface area (Å²) in [4.78, 5) is 7.87. The molecule has 0 unspecified atom stereocenters. The second kappa shape index (κ2) is 5.42. The van der Waals surface area contributed by atoms with E-state index in [0.717, 1.165) is 17.1 Å². The molecule has 0 amide bonds. The number of benzene rings is 1. The molecule has 2 aromatic rings. The standard InChI is InChI=1S/C13H13ClN4O2/c14-10-6-11(18-13(15)17-10)16-7-8-2-1-3-9-12(8)20-5-4-19-9/h1-3,6H,4-5,7H2,(H3,15,16,17,18). The normalized spacial score (nSPS) is 13.1. The van der Waals surface area contributed by atoms with Gasteiger partial charge in [-0.1, -0.05) is 23.7 Å². The van der Waals surface area contributed by atoms with Crippen LogP contribution in [0, 0.1) is 0 Å². The summed E-state index contributed by atoms with van der Waals surface area (Å²) in [6.45, 7) is 1.65. The van der Waals surface area contributed by atoms with Gasteiger partial charge in [-0.15, -0.1) is 0 Å². The predicted molar refractivity (Wildman–Crippen MR) is 76.2 cm³/mol. The number of hydrogen-bond acceptors (Lipinski definition) is 6. The fraction of sp³-hybridized carbons (Fsp3) is 0.231. The van der Waals surface area contributed by atoms with Gasteiger partial charge in [0.1, 0.15) is 24.2 Å². The van der Waals surface area contributed by atoms with E-state index in [-0.39, 0.29) is 5.95 Å². The minimum Gasteiger partial charge on any atom is -0.486 e. The van der Waals surface area contributed by atoms with E-state index in [0.29, 0.717) is 30.7 Å². The van der Waals surface area contributed by atoms with Crippen molar-refractivity contribution in [2.75, 3.05) is 24.3 Å². The maximum absolute atomic E-state index is 5.83. The third-order valence-corrected chi connectivity index (χ3v) is 3.01. The van der Waals surface area contributed by atoms with Crippen LogP contribution in [-0.2, 0) is 6.54 Å². The molecule has 1 aliphatic rings. The monoisotopic (exact) mass is 292 g/mol. The number of halogens is 1. The van der Waals surface area contributed by atoms with Gasteiger partial charge in [0.15, 0.2) is 11.5 Å². The molecule has 104 valence electrons. The predicted octanol–water partition coefficient (Wildman–Crippen LogP) is 2.10. The summed E-state index contributed by atoms with van der Waals surface area (Å²) in [7, 11) is 0. The smallest absolute Gasteiger partial charge is 0.223 e. The summed E-state index contributed by atoms with van der Waals surface area (Å²) in [5.41, 5.74) is 6.53. The van der Waals surface area contributed by atoms with Gasteiger partial charge in [0.05, 0.1) is 0 Å². The van der Waals surface area contributed by atoms with Gasteiger partial charge in [0, 0.05) is 18.2 Å². The topological polar surface area (TPSA) is 82.3 Å². The van der Waals surface area contributed by atoms with Crippen LogP contribution in [-0.4, -0.2) is 23.2 Å². The summed E-state index contributed by atoms with van der Waals surface area (Å²) in [6.07, 6.45) is 0. The average Bonchev–Trinajstić information content (AvgIpc) is 2.44. The molecule has 2 heterocycles. The number of nitrogens with two attached hydrogens (primary N) is 1. The van der Waals surface area contributed by atoms with Crippen molar-refractivity contribution in [1.29, 1.82) is 0 Å². The molecule has 20 heavy (non-hydrogen) atoms. The number of rotatable bonds is 3. The van der Waals surface area contributed by atoms with Crippen molar-refractivity contribution in [2.45, 2.75) is 6.54 Å². The van der Waals surface area contributed by atoms with Gasteiger partial charge in [0.25, 0.3) is 0 Å². The minimum absolute atomic E-state index is 0.134. The number of hydrogen-bond donors (Lipinski definition) is 2. The molecule has 0 bridgehead atoms. The van der Waals surface area contributed by atoms with Crippen molar-refractivity contribution in [3.8, 4) is 11.5 Å². The van der Waals surface area contributed by atoms with E-state index < -0.39 is 0 Å². The Morgan fingerprint density at radius 3 is 2.95 bits per heavy atom. The molecule has 3 rings (SSSR count).